The van der Waals surface area contributed by atoms with Gasteiger partial charge in [0, 0.05) is 25.9 Å². The van der Waals surface area contributed by atoms with Gasteiger partial charge in [-0.3, -0.25) is 0 Å². The lowest BCUT2D eigenvalue weighted by Gasteiger charge is -2.42. The molecule has 9 nitrogen and oxygen atoms in total. The number of aliphatic hydroxyl groups is 2. The molecule has 0 spiro atoms. The fourth-order valence-corrected chi connectivity index (χ4v) is 15.6. The van der Waals surface area contributed by atoms with E-state index in [4.69, 9.17) is 23.1 Å². The van der Waals surface area contributed by atoms with Crippen LogP contribution in [0.5, 0.6) is 0 Å². The first-order chi connectivity index (χ1) is 29.7. The topological polar surface area (TPSA) is 121 Å². The summed E-state index contributed by atoms with van der Waals surface area (Å²) in [5.74, 6) is 1.53. The van der Waals surface area contributed by atoms with Crippen molar-refractivity contribution in [1.29, 1.82) is 0 Å². The Kier molecular flexibility index (Phi) is 20.9. The van der Waals surface area contributed by atoms with E-state index in [1.807, 2.05) is 26.0 Å². The summed E-state index contributed by atoms with van der Waals surface area (Å²) < 4.78 is 62.5. The predicted octanol–water partition coefficient (Wildman–Crippen LogP) is 11.4. The third-order valence-electron chi connectivity index (χ3n) is 15.0. The minimum absolute atomic E-state index is 0.00842. The van der Waals surface area contributed by atoms with E-state index < -0.39 is 62.9 Å². The summed E-state index contributed by atoms with van der Waals surface area (Å²) in [6.07, 6.45) is 4.04. The largest absolute Gasteiger partial charge is 0.414 e. The molecule has 2 N–H and O–H groups in total. The third kappa shape index (κ3) is 15.8. The Morgan fingerprint density at radius 1 is 0.922 bits per heavy atom. The summed E-state index contributed by atoms with van der Waals surface area (Å²) in [7, 11) is -6.57. The zero-order valence-corrected chi connectivity index (χ0v) is 46.4. The zero-order chi connectivity index (χ0) is 47.8. The maximum Gasteiger partial charge on any atom is 0.192 e. The van der Waals surface area contributed by atoms with Crippen molar-refractivity contribution in [3.8, 4) is 0 Å². The fraction of sp³-hybridized carbons (Fsp3) is 0.800. The van der Waals surface area contributed by atoms with Crippen LogP contribution in [0, 0.1) is 11.8 Å². The lowest BCUT2D eigenvalue weighted by Crippen LogP contribution is -2.49. The average Bonchev–Trinajstić information content (AvgIpc) is 3.73. The molecular formula is C50H88O9S3Si2. The van der Waals surface area contributed by atoms with Gasteiger partial charge in [-0.1, -0.05) is 80.7 Å². The molecule has 14 heteroatoms. The summed E-state index contributed by atoms with van der Waals surface area (Å²) in [5.41, 5.74) is 2.78. The van der Waals surface area contributed by atoms with E-state index in [0.717, 1.165) is 36.8 Å². The number of sulfone groups is 1. The second-order valence-electron chi connectivity index (χ2n) is 22.1. The Labute approximate surface area is 400 Å². The number of benzene rings is 1. The summed E-state index contributed by atoms with van der Waals surface area (Å²) in [6.45, 7) is 35.4. The van der Waals surface area contributed by atoms with Crippen LogP contribution in [0.2, 0.25) is 36.3 Å². The smallest absolute Gasteiger partial charge is 0.192 e. The van der Waals surface area contributed by atoms with Crippen LogP contribution in [0.4, 0.5) is 0 Å². The lowest BCUT2D eigenvalue weighted by molar-refractivity contribution is -0.0430. The second kappa shape index (κ2) is 23.9. The van der Waals surface area contributed by atoms with Gasteiger partial charge in [-0.25, -0.2) is 8.42 Å². The van der Waals surface area contributed by atoms with E-state index in [1.54, 1.807) is 19.2 Å². The fourth-order valence-electron chi connectivity index (χ4n) is 8.63. The average molecular weight is 986 g/mol. The molecule has 64 heavy (non-hydrogen) atoms. The summed E-state index contributed by atoms with van der Waals surface area (Å²) in [5, 5.41) is 23.1. The highest BCUT2D eigenvalue weighted by Gasteiger charge is 2.50. The van der Waals surface area contributed by atoms with Crippen molar-refractivity contribution >= 4 is 50.0 Å². The minimum atomic E-state index is -3.77. The number of aliphatic hydroxyl groups excluding tert-OH is 2. The Balaban J connectivity index is 1.48. The number of ether oxygens (including phenoxy) is 3. The number of thioether (sulfide) groups is 2. The van der Waals surface area contributed by atoms with Gasteiger partial charge in [-0.05, 0) is 134 Å². The molecule has 368 valence electrons. The molecule has 0 bridgehead atoms. The van der Waals surface area contributed by atoms with Gasteiger partial charge in [-0.15, -0.1) is 23.5 Å². The molecule has 3 aliphatic heterocycles. The molecule has 0 saturated carbocycles. The van der Waals surface area contributed by atoms with Crippen molar-refractivity contribution in [2.24, 2.45) is 11.8 Å². The van der Waals surface area contributed by atoms with Gasteiger partial charge >= 0.3 is 0 Å². The first-order valence-corrected chi connectivity index (χ1v) is 33.7. The normalized spacial score (nSPS) is 26.3. The van der Waals surface area contributed by atoms with Crippen LogP contribution in [0.1, 0.15) is 119 Å². The SMILES string of the molecule is C=C1C[C@H](CCC2SCCCS2)O[C@H]1CC[C@@H](O)C[C@H](C)C(=C)[C@H](O)C[C@@H]1O[C@H](CC(CO[Si](C)(C)C(C)(C)C)O[Si](C)(C)C(C)(C)C)[C@H](OC)[C@H]1CS(=O)(=O)c1ccc(CC)cc1. The lowest BCUT2D eigenvalue weighted by atomic mass is 9.86. The van der Waals surface area contributed by atoms with E-state index in [-0.39, 0.29) is 51.4 Å². The molecule has 1 unspecified atom stereocenters. The molecule has 0 radical (unpaired) electrons. The predicted molar refractivity (Wildman–Crippen MR) is 274 cm³/mol. The second-order valence-corrected chi connectivity index (χ2v) is 36.6. The first kappa shape index (κ1) is 56.1. The maximum atomic E-state index is 14.2. The number of aryl methyl sites for hydroxylation is 1. The highest BCUT2D eigenvalue weighted by molar-refractivity contribution is 8.17. The van der Waals surface area contributed by atoms with Crippen molar-refractivity contribution < 1.29 is 41.7 Å². The Morgan fingerprint density at radius 2 is 1.55 bits per heavy atom. The number of rotatable bonds is 24. The summed E-state index contributed by atoms with van der Waals surface area (Å²) in [6, 6.07) is 7.11. The van der Waals surface area contributed by atoms with Gasteiger partial charge in [0.15, 0.2) is 26.5 Å². The van der Waals surface area contributed by atoms with E-state index in [1.165, 1.54) is 17.9 Å². The van der Waals surface area contributed by atoms with Gasteiger partial charge in [-0.2, -0.15) is 0 Å². The Hall–Kier alpha value is -0.496. The molecule has 3 saturated heterocycles. The van der Waals surface area contributed by atoms with E-state index in [0.29, 0.717) is 42.4 Å². The summed E-state index contributed by atoms with van der Waals surface area (Å²) >= 11 is 4.15. The van der Waals surface area contributed by atoms with Crippen molar-refractivity contribution in [3.05, 3.63) is 54.1 Å². The van der Waals surface area contributed by atoms with Gasteiger partial charge in [0.25, 0.3) is 0 Å². The van der Waals surface area contributed by atoms with Crippen LogP contribution in [0.3, 0.4) is 0 Å². The molecule has 10 atom stereocenters. The van der Waals surface area contributed by atoms with Crippen LogP contribution in [0.15, 0.2) is 53.5 Å². The van der Waals surface area contributed by atoms with E-state index >= 15 is 0 Å². The maximum absolute atomic E-state index is 14.2. The van der Waals surface area contributed by atoms with Crippen molar-refractivity contribution in [3.63, 3.8) is 0 Å². The minimum Gasteiger partial charge on any atom is -0.414 e. The highest BCUT2D eigenvalue weighted by Crippen LogP contribution is 2.43. The van der Waals surface area contributed by atoms with Gasteiger partial charge in [0.2, 0.25) is 0 Å². The van der Waals surface area contributed by atoms with Gasteiger partial charge in [0.1, 0.15) is 0 Å². The molecular weight excluding hydrogens is 897 g/mol. The Morgan fingerprint density at radius 3 is 2.12 bits per heavy atom. The quantitative estimate of drug-likeness (QED) is 0.0761. The molecule has 3 aliphatic rings. The van der Waals surface area contributed by atoms with Crippen LogP contribution in [0.25, 0.3) is 0 Å². The molecule has 1 aromatic carbocycles. The van der Waals surface area contributed by atoms with E-state index in [2.05, 4.69) is 104 Å². The van der Waals surface area contributed by atoms with Crippen LogP contribution >= 0.6 is 23.5 Å². The monoisotopic (exact) mass is 985 g/mol. The van der Waals surface area contributed by atoms with Gasteiger partial charge in [0.05, 0.1) is 70.7 Å². The third-order valence-corrected chi connectivity index (χ3v) is 28.9. The number of hydrogen-bond acceptors (Lipinski definition) is 11. The van der Waals surface area contributed by atoms with Crippen molar-refractivity contribution in [2.75, 3.05) is 31.0 Å². The Bertz CT molecular complexity index is 1740. The molecule has 0 aliphatic carbocycles. The van der Waals surface area contributed by atoms with Crippen LogP contribution < -0.4 is 0 Å². The number of methoxy groups -OCH3 is 1. The van der Waals surface area contributed by atoms with Crippen molar-refractivity contribution in [2.45, 2.75) is 214 Å². The molecule has 0 aromatic heterocycles. The molecule has 3 fully saturated rings. The number of hydrogen-bond donors (Lipinski definition) is 2. The molecule has 3 heterocycles. The van der Waals surface area contributed by atoms with E-state index in [9.17, 15) is 18.6 Å². The first-order valence-electron chi connectivity index (χ1n) is 24.1. The van der Waals surface area contributed by atoms with Crippen molar-refractivity contribution in [1.82, 2.24) is 0 Å². The molecule has 1 aromatic rings. The van der Waals surface area contributed by atoms with Gasteiger partial charge < -0.3 is 33.3 Å². The molecule has 0 amide bonds. The molecule has 4 rings (SSSR count). The highest BCUT2D eigenvalue weighted by atomic mass is 32.2. The van der Waals surface area contributed by atoms with Crippen LogP contribution in [-0.2, 0) is 39.3 Å². The standard InChI is InChI=1S/C50H88O9S3Si2/c1-16-37-18-22-41(23-19-37)62(53,54)33-42-45(58-46(48(42)55-11)30-40(59-64(14,15)50(8,9)10)32-56-63(12,13)49(5,6)7)31-43(52)36(4)34(2)28-38(51)20-24-44-35(3)29-39(57-44)21-25-47-60-26-17-27-61-47/h18-19,22-23,34,38-40,42-48,51-52H,3-4,16-17,20-21,24-33H2,1-2,5-15H3/t34-,38+,39-,40?,42-,43+,44-,45-,46+,48+/m0/s1. The summed E-state index contributed by atoms with van der Waals surface area (Å²) in [4.78, 5) is 0.260. The zero-order valence-electron chi connectivity index (χ0n) is 42.0. The van der Waals surface area contributed by atoms with Crippen LogP contribution in [-0.4, -0.2) is 120 Å².